The number of hydrogen-bond donors (Lipinski definition) is 1. The van der Waals surface area contributed by atoms with E-state index in [0.717, 1.165) is 10.1 Å². The number of nitrogens with zero attached hydrogens (tertiary/aromatic N) is 4. The molecule has 0 aliphatic carbocycles. The van der Waals surface area contributed by atoms with Crippen LogP contribution in [-0.2, 0) is 6.18 Å². The molecular weight excluding hydrogens is 331 g/mol. The van der Waals surface area contributed by atoms with Gasteiger partial charge in [-0.1, -0.05) is 13.8 Å². The molecule has 0 radical (unpaired) electrons. The first-order valence-corrected chi connectivity index (χ1v) is 7.74. The van der Waals surface area contributed by atoms with Gasteiger partial charge >= 0.3 is 6.18 Å². The van der Waals surface area contributed by atoms with Gasteiger partial charge in [0, 0.05) is 16.8 Å². The van der Waals surface area contributed by atoms with E-state index in [2.05, 4.69) is 20.2 Å². The van der Waals surface area contributed by atoms with Crippen molar-refractivity contribution in [1.29, 1.82) is 0 Å². The first-order valence-electron chi connectivity index (χ1n) is 7.74. The van der Waals surface area contributed by atoms with Gasteiger partial charge in [-0.2, -0.15) is 18.3 Å². The number of fused-ring (bicyclic) bond motifs is 2. The molecule has 1 N–H and O–H groups in total. The molecule has 0 amide bonds. The maximum absolute atomic E-state index is 13.6. The van der Waals surface area contributed by atoms with Crippen molar-refractivity contribution in [3.8, 4) is 5.69 Å². The fourth-order valence-electron chi connectivity index (χ4n) is 2.80. The lowest BCUT2D eigenvalue weighted by atomic mass is 10.1. The number of pyridine rings is 1. The Morgan fingerprint density at radius 2 is 1.88 bits per heavy atom. The van der Waals surface area contributed by atoms with Crippen molar-refractivity contribution >= 4 is 22.1 Å². The van der Waals surface area contributed by atoms with Gasteiger partial charge in [0.1, 0.15) is 5.52 Å². The summed E-state index contributed by atoms with van der Waals surface area (Å²) >= 11 is 0. The van der Waals surface area contributed by atoms with Gasteiger partial charge in [-0.15, -0.1) is 0 Å². The van der Waals surface area contributed by atoms with E-state index >= 15 is 0 Å². The summed E-state index contributed by atoms with van der Waals surface area (Å²) in [5.41, 5.74) is 2.21. The smallest absolute Gasteiger partial charge is 0.278 e. The standard InChI is InChI=1S/C17H14F3N5/c1-9(2)12-5-6-14-15(22-12)25(16(23-14)17(18,19)20)11-3-4-13-10(7-11)8-21-24-13/h3-9H,1-2H3,(H,21,24). The van der Waals surface area contributed by atoms with Crippen LogP contribution in [0.25, 0.3) is 27.8 Å². The fraction of sp³-hybridized carbons (Fsp3) is 0.235. The van der Waals surface area contributed by atoms with E-state index in [9.17, 15) is 13.2 Å². The van der Waals surface area contributed by atoms with Crippen molar-refractivity contribution in [2.45, 2.75) is 25.9 Å². The summed E-state index contributed by atoms with van der Waals surface area (Å²) in [5.74, 6) is -0.891. The predicted molar refractivity (Wildman–Crippen MR) is 87.6 cm³/mol. The molecule has 128 valence electrons. The number of imidazole rings is 1. The average Bonchev–Trinajstić information content (AvgIpc) is 3.17. The molecule has 3 heterocycles. The number of aromatic nitrogens is 5. The highest BCUT2D eigenvalue weighted by atomic mass is 19.4. The van der Waals surface area contributed by atoms with Crippen LogP contribution in [0.15, 0.2) is 36.5 Å². The maximum atomic E-state index is 13.6. The molecule has 0 unspecified atom stereocenters. The predicted octanol–water partition coefficient (Wildman–Crippen LogP) is 4.44. The molecule has 0 saturated carbocycles. The van der Waals surface area contributed by atoms with Crippen LogP contribution < -0.4 is 0 Å². The Morgan fingerprint density at radius 3 is 2.60 bits per heavy atom. The van der Waals surface area contributed by atoms with Crippen molar-refractivity contribution in [3.63, 3.8) is 0 Å². The van der Waals surface area contributed by atoms with Crippen LogP contribution in [0.1, 0.15) is 31.3 Å². The number of halogens is 3. The molecule has 0 spiro atoms. The molecule has 0 bridgehead atoms. The molecule has 0 aliphatic heterocycles. The number of alkyl halides is 3. The van der Waals surface area contributed by atoms with Gasteiger partial charge in [0.15, 0.2) is 5.65 Å². The van der Waals surface area contributed by atoms with Crippen molar-refractivity contribution in [3.05, 3.63) is 48.0 Å². The van der Waals surface area contributed by atoms with Gasteiger partial charge in [-0.05, 0) is 36.2 Å². The number of aromatic amines is 1. The van der Waals surface area contributed by atoms with E-state index in [1.807, 2.05) is 13.8 Å². The molecule has 3 aromatic heterocycles. The summed E-state index contributed by atoms with van der Waals surface area (Å²) < 4.78 is 41.7. The van der Waals surface area contributed by atoms with E-state index in [-0.39, 0.29) is 17.1 Å². The second-order valence-corrected chi connectivity index (χ2v) is 6.14. The first kappa shape index (κ1) is 15.6. The van der Waals surface area contributed by atoms with Crippen LogP contribution in [0, 0.1) is 0 Å². The number of benzene rings is 1. The SMILES string of the molecule is CC(C)c1ccc2nc(C(F)(F)F)n(-c3ccc4[nH]ncc4c3)c2n1. The zero-order chi connectivity index (χ0) is 17.8. The number of H-pyrrole nitrogens is 1. The molecule has 1 aromatic carbocycles. The van der Waals surface area contributed by atoms with Crippen molar-refractivity contribution in [1.82, 2.24) is 24.7 Å². The van der Waals surface area contributed by atoms with Crippen molar-refractivity contribution < 1.29 is 13.2 Å². The highest BCUT2D eigenvalue weighted by Crippen LogP contribution is 2.34. The molecule has 8 heteroatoms. The molecule has 4 aromatic rings. The Balaban J connectivity index is 2.05. The van der Waals surface area contributed by atoms with Gasteiger partial charge in [-0.25, -0.2) is 9.97 Å². The second kappa shape index (κ2) is 5.30. The largest absolute Gasteiger partial charge is 0.450 e. The van der Waals surface area contributed by atoms with E-state index in [1.165, 1.54) is 0 Å². The van der Waals surface area contributed by atoms with Gasteiger partial charge in [0.25, 0.3) is 0 Å². The summed E-state index contributed by atoms with van der Waals surface area (Å²) in [6.45, 7) is 3.88. The van der Waals surface area contributed by atoms with Gasteiger partial charge in [0.05, 0.1) is 11.7 Å². The molecule has 0 fully saturated rings. The fourth-order valence-corrected chi connectivity index (χ4v) is 2.80. The third-order valence-electron chi connectivity index (χ3n) is 4.05. The Morgan fingerprint density at radius 1 is 1.08 bits per heavy atom. The molecule has 5 nitrogen and oxygen atoms in total. The van der Waals surface area contributed by atoms with Crippen LogP contribution >= 0.6 is 0 Å². The van der Waals surface area contributed by atoms with Crippen LogP contribution in [0.2, 0.25) is 0 Å². The molecule has 0 aliphatic rings. The molecule has 0 saturated heterocycles. The molecule has 4 rings (SSSR count). The van der Waals surface area contributed by atoms with Crippen LogP contribution in [0.3, 0.4) is 0 Å². The van der Waals surface area contributed by atoms with E-state index < -0.39 is 12.0 Å². The lowest BCUT2D eigenvalue weighted by Crippen LogP contribution is -2.14. The zero-order valence-corrected chi connectivity index (χ0v) is 13.5. The average molecular weight is 345 g/mol. The summed E-state index contributed by atoms with van der Waals surface area (Å²) in [4.78, 5) is 8.21. The quantitative estimate of drug-likeness (QED) is 0.584. The third-order valence-corrected chi connectivity index (χ3v) is 4.05. The molecule has 25 heavy (non-hydrogen) atoms. The zero-order valence-electron chi connectivity index (χ0n) is 13.5. The minimum atomic E-state index is -4.59. The summed E-state index contributed by atoms with van der Waals surface area (Å²) in [5, 5.41) is 7.41. The molecule has 0 atom stereocenters. The van der Waals surface area contributed by atoms with E-state index in [1.54, 1.807) is 36.5 Å². The van der Waals surface area contributed by atoms with E-state index in [4.69, 9.17) is 0 Å². The number of hydrogen-bond acceptors (Lipinski definition) is 3. The lowest BCUT2D eigenvalue weighted by Gasteiger charge is -2.12. The van der Waals surface area contributed by atoms with E-state index in [0.29, 0.717) is 16.8 Å². The summed E-state index contributed by atoms with van der Waals surface area (Å²) in [6, 6.07) is 8.22. The monoisotopic (exact) mass is 345 g/mol. The van der Waals surface area contributed by atoms with Crippen LogP contribution in [0.5, 0.6) is 0 Å². The van der Waals surface area contributed by atoms with Crippen molar-refractivity contribution in [2.75, 3.05) is 0 Å². The minimum Gasteiger partial charge on any atom is -0.278 e. The minimum absolute atomic E-state index is 0.0958. The normalized spacial score (nSPS) is 12.6. The summed E-state index contributed by atoms with van der Waals surface area (Å²) in [7, 11) is 0. The van der Waals surface area contributed by atoms with Gasteiger partial charge < -0.3 is 0 Å². The first-order chi connectivity index (χ1) is 11.8. The third kappa shape index (κ3) is 2.54. The van der Waals surface area contributed by atoms with Gasteiger partial charge in [-0.3, -0.25) is 9.67 Å². The number of rotatable bonds is 2. The van der Waals surface area contributed by atoms with Gasteiger partial charge in [0.2, 0.25) is 5.82 Å². The number of nitrogens with one attached hydrogen (secondary N) is 1. The Labute approximate surface area is 140 Å². The Bertz CT molecular complexity index is 1070. The highest BCUT2D eigenvalue weighted by molar-refractivity contribution is 5.82. The Kier molecular flexibility index (Phi) is 3.31. The lowest BCUT2D eigenvalue weighted by molar-refractivity contribution is -0.145. The topological polar surface area (TPSA) is 59.4 Å². The molecular formula is C17H14F3N5. The highest BCUT2D eigenvalue weighted by Gasteiger charge is 2.38. The van der Waals surface area contributed by atoms with Crippen LogP contribution in [0.4, 0.5) is 13.2 Å². The summed E-state index contributed by atoms with van der Waals surface area (Å²) in [6.07, 6.45) is -3.03. The van der Waals surface area contributed by atoms with Crippen molar-refractivity contribution in [2.24, 2.45) is 0 Å². The van der Waals surface area contributed by atoms with Crippen LogP contribution in [-0.4, -0.2) is 24.7 Å². The Hall–Kier alpha value is -2.90. The maximum Gasteiger partial charge on any atom is 0.450 e. The second-order valence-electron chi connectivity index (χ2n) is 6.14.